The molecule has 2 aromatic carbocycles. The zero-order chi connectivity index (χ0) is 26.4. The van der Waals surface area contributed by atoms with Crippen LogP contribution in [0, 0.1) is 13.8 Å². The maximum Gasteiger partial charge on any atom is 0.326 e. The lowest BCUT2D eigenvalue weighted by Crippen LogP contribution is -2.34. The summed E-state index contributed by atoms with van der Waals surface area (Å²) in [6.07, 6.45) is 1.52. The fraction of sp³-hybridized carbons (Fsp3) is 0.280. The molecular weight excluding hydrogens is 552 g/mol. The molecule has 2 aromatic rings. The van der Waals surface area contributed by atoms with Crippen molar-refractivity contribution in [2.75, 3.05) is 32.2 Å². The Labute approximate surface area is 221 Å². The van der Waals surface area contributed by atoms with Crippen LogP contribution in [0.25, 0.3) is 6.08 Å². The minimum absolute atomic E-state index is 0.157. The minimum Gasteiger partial charge on any atom is -0.493 e. The predicted molar refractivity (Wildman–Crippen MR) is 140 cm³/mol. The van der Waals surface area contributed by atoms with Crippen molar-refractivity contribution in [1.82, 2.24) is 4.90 Å². The molecule has 11 heteroatoms. The van der Waals surface area contributed by atoms with Crippen molar-refractivity contribution in [1.29, 1.82) is 0 Å². The first-order valence-electron chi connectivity index (χ1n) is 10.9. The molecule has 36 heavy (non-hydrogen) atoms. The number of rotatable bonds is 9. The standard InChI is InChI=1S/C25H25BrN2O7S/c1-5-34-23(30)12-28-24(31)21(36-25(28)32)11-16-6-7-19(20(10-16)33-4)35-13-22(29)27-18-9-15(3)14(2)8-17(18)26/h6-11H,5,12-13H2,1-4H3,(H,27,29)/b21-11-. The number of esters is 1. The van der Waals surface area contributed by atoms with E-state index in [1.807, 2.05) is 26.0 Å². The van der Waals surface area contributed by atoms with Gasteiger partial charge in [0.1, 0.15) is 6.54 Å². The van der Waals surface area contributed by atoms with Gasteiger partial charge in [0.25, 0.3) is 17.1 Å². The lowest BCUT2D eigenvalue weighted by molar-refractivity contribution is -0.146. The first-order chi connectivity index (χ1) is 17.1. The van der Waals surface area contributed by atoms with E-state index in [9.17, 15) is 19.2 Å². The molecule has 190 valence electrons. The summed E-state index contributed by atoms with van der Waals surface area (Å²) in [4.78, 5) is 49.9. The summed E-state index contributed by atoms with van der Waals surface area (Å²) in [7, 11) is 1.45. The topological polar surface area (TPSA) is 111 Å². The van der Waals surface area contributed by atoms with Crippen LogP contribution in [0.15, 0.2) is 39.7 Å². The van der Waals surface area contributed by atoms with E-state index in [4.69, 9.17) is 14.2 Å². The van der Waals surface area contributed by atoms with Crippen molar-refractivity contribution in [2.24, 2.45) is 0 Å². The number of aryl methyl sites for hydroxylation is 2. The van der Waals surface area contributed by atoms with E-state index in [0.29, 0.717) is 22.7 Å². The van der Waals surface area contributed by atoms with Crippen molar-refractivity contribution in [3.05, 3.63) is 56.4 Å². The van der Waals surface area contributed by atoms with Gasteiger partial charge in [0.05, 0.1) is 24.3 Å². The van der Waals surface area contributed by atoms with Gasteiger partial charge >= 0.3 is 5.97 Å². The third-order valence-electron chi connectivity index (χ3n) is 5.17. The summed E-state index contributed by atoms with van der Waals surface area (Å²) in [6.45, 7) is 5.06. The molecule has 0 radical (unpaired) electrons. The van der Waals surface area contributed by atoms with Crippen molar-refractivity contribution >= 4 is 62.5 Å². The molecule has 1 aliphatic rings. The quantitative estimate of drug-likeness (QED) is 0.338. The number of amides is 3. The maximum absolute atomic E-state index is 12.6. The Kier molecular flexibility index (Phi) is 9.16. The van der Waals surface area contributed by atoms with Crippen LogP contribution in [0.3, 0.4) is 0 Å². The van der Waals surface area contributed by atoms with Crippen LogP contribution in [-0.2, 0) is 19.1 Å². The highest BCUT2D eigenvalue weighted by Gasteiger charge is 2.36. The van der Waals surface area contributed by atoms with Crippen LogP contribution in [0.2, 0.25) is 0 Å². The minimum atomic E-state index is -0.655. The molecule has 1 fully saturated rings. The molecule has 0 bridgehead atoms. The molecule has 1 heterocycles. The van der Waals surface area contributed by atoms with Gasteiger partial charge in [-0.3, -0.25) is 24.1 Å². The van der Waals surface area contributed by atoms with E-state index in [2.05, 4.69) is 21.2 Å². The highest BCUT2D eigenvalue weighted by molar-refractivity contribution is 9.10. The van der Waals surface area contributed by atoms with Crippen molar-refractivity contribution in [3.8, 4) is 11.5 Å². The summed E-state index contributed by atoms with van der Waals surface area (Å²) < 4.78 is 16.6. The smallest absolute Gasteiger partial charge is 0.326 e. The number of imide groups is 1. The SMILES string of the molecule is CCOC(=O)CN1C(=O)S/C(=C\c2ccc(OCC(=O)Nc3cc(C)c(C)cc3Br)c(OC)c2)C1=O. The van der Waals surface area contributed by atoms with Gasteiger partial charge < -0.3 is 19.5 Å². The summed E-state index contributed by atoms with van der Waals surface area (Å²) in [5.74, 6) is -0.904. The first kappa shape index (κ1) is 27.3. The monoisotopic (exact) mass is 576 g/mol. The summed E-state index contributed by atoms with van der Waals surface area (Å²) in [6, 6.07) is 8.69. The number of carbonyl (C=O) groups excluding carboxylic acids is 4. The number of nitrogens with one attached hydrogen (secondary N) is 1. The molecule has 0 aliphatic carbocycles. The average Bonchev–Trinajstić information content (AvgIpc) is 3.09. The van der Waals surface area contributed by atoms with E-state index in [-0.39, 0.29) is 24.0 Å². The summed E-state index contributed by atoms with van der Waals surface area (Å²) >= 11 is 4.18. The molecule has 0 atom stereocenters. The number of benzene rings is 2. The number of ether oxygens (including phenoxy) is 3. The molecule has 1 N–H and O–H groups in total. The van der Waals surface area contributed by atoms with Gasteiger partial charge in [-0.25, -0.2) is 0 Å². The zero-order valence-electron chi connectivity index (χ0n) is 20.2. The average molecular weight is 577 g/mol. The fourth-order valence-corrected chi connectivity index (χ4v) is 4.62. The van der Waals surface area contributed by atoms with Crippen molar-refractivity contribution in [3.63, 3.8) is 0 Å². The molecule has 0 unspecified atom stereocenters. The van der Waals surface area contributed by atoms with E-state index in [1.54, 1.807) is 25.1 Å². The Morgan fingerprint density at radius 2 is 1.83 bits per heavy atom. The van der Waals surface area contributed by atoms with E-state index < -0.39 is 23.7 Å². The summed E-state index contributed by atoms with van der Waals surface area (Å²) in [5.41, 5.74) is 3.37. The van der Waals surface area contributed by atoms with Crippen LogP contribution in [0.1, 0.15) is 23.6 Å². The molecule has 1 saturated heterocycles. The second-order valence-corrected chi connectivity index (χ2v) is 9.58. The molecule has 0 spiro atoms. The van der Waals surface area contributed by atoms with Crippen LogP contribution < -0.4 is 14.8 Å². The van der Waals surface area contributed by atoms with Crippen LogP contribution in [0.5, 0.6) is 11.5 Å². The number of nitrogens with zero attached hydrogens (tertiary/aromatic N) is 1. The number of hydrogen-bond acceptors (Lipinski definition) is 8. The Hall–Kier alpha value is -3.31. The molecule has 0 aromatic heterocycles. The van der Waals surface area contributed by atoms with Crippen LogP contribution in [-0.4, -0.2) is 54.8 Å². The van der Waals surface area contributed by atoms with Gasteiger partial charge in [-0.15, -0.1) is 0 Å². The number of thioether (sulfide) groups is 1. The van der Waals surface area contributed by atoms with Gasteiger partial charge in [0, 0.05) is 4.47 Å². The lowest BCUT2D eigenvalue weighted by atomic mass is 10.1. The molecule has 9 nitrogen and oxygen atoms in total. The molecule has 3 amide bonds. The largest absolute Gasteiger partial charge is 0.493 e. The van der Waals surface area contributed by atoms with Crippen molar-refractivity contribution < 1.29 is 33.4 Å². The van der Waals surface area contributed by atoms with E-state index in [1.165, 1.54) is 13.2 Å². The first-order valence-corrected chi connectivity index (χ1v) is 12.5. The van der Waals surface area contributed by atoms with Crippen LogP contribution >= 0.6 is 27.7 Å². The number of anilines is 1. The second-order valence-electron chi connectivity index (χ2n) is 7.74. The number of carbonyl (C=O) groups is 4. The maximum atomic E-state index is 12.6. The molecule has 1 aliphatic heterocycles. The third kappa shape index (κ3) is 6.67. The second kappa shape index (κ2) is 12.1. The van der Waals surface area contributed by atoms with Crippen LogP contribution in [0.4, 0.5) is 10.5 Å². The number of halogens is 1. The third-order valence-corrected chi connectivity index (χ3v) is 6.73. The molecule has 3 rings (SSSR count). The normalized spacial score (nSPS) is 14.2. The zero-order valence-corrected chi connectivity index (χ0v) is 22.6. The Morgan fingerprint density at radius 1 is 1.11 bits per heavy atom. The van der Waals surface area contributed by atoms with Gasteiger partial charge in [-0.05, 0) is 95.5 Å². The van der Waals surface area contributed by atoms with E-state index in [0.717, 1.165) is 32.3 Å². The number of hydrogen-bond donors (Lipinski definition) is 1. The Balaban J connectivity index is 1.67. The lowest BCUT2D eigenvalue weighted by Gasteiger charge is -2.13. The van der Waals surface area contributed by atoms with Gasteiger partial charge in [0.15, 0.2) is 18.1 Å². The van der Waals surface area contributed by atoms with Crippen molar-refractivity contribution in [2.45, 2.75) is 20.8 Å². The summed E-state index contributed by atoms with van der Waals surface area (Å²) in [5, 5.41) is 2.26. The highest BCUT2D eigenvalue weighted by Crippen LogP contribution is 2.34. The Morgan fingerprint density at radius 3 is 2.53 bits per heavy atom. The Bertz CT molecular complexity index is 1250. The highest BCUT2D eigenvalue weighted by atomic mass is 79.9. The predicted octanol–water partition coefficient (Wildman–Crippen LogP) is 4.69. The molecule has 0 saturated carbocycles. The molecular formula is C25H25BrN2O7S. The number of methoxy groups -OCH3 is 1. The fourth-order valence-electron chi connectivity index (χ4n) is 3.22. The van der Waals surface area contributed by atoms with Gasteiger partial charge in [0.2, 0.25) is 0 Å². The van der Waals surface area contributed by atoms with Gasteiger partial charge in [-0.2, -0.15) is 0 Å². The van der Waals surface area contributed by atoms with E-state index >= 15 is 0 Å². The van der Waals surface area contributed by atoms with Gasteiger partial charge in [-0.1, -0.05) is 6.07 Å².